The fourth-order valence-corrected chi connectivity index (χ4v) is 4.85. The second-order valence-electron chi connectivity index (χ2n) is 6.48. The molecule has 7 nitrogen and oxygen atoms in total. The predicted octanol–water partition coefficient (Wildman–Crippen LogP) is 2.14. The number of benzene rings is 1. The molecular weight excluding hydrogens is 354 g/mol. The number of fused-ring (bicyclic) bond motifs is 1. The van der Waals surface area contributed by atoms with Crippen LogP contribution in [-0.4, -0.2) is 48.1 Å². The van der Waals surface area contributed by atoms with Crippen LogP contribution in [0.3, 0.4) is 0 Å². The van der Waals surface area contributed by atoms with E-state index in [2.05, 4.69) is 20.7 Å². The van der Waals surface area contributed by atoms with Crippen LogP contribution in [0.25, 0.3) is 0 Å². The normalized spacial score (nSPS) is 23.7. The number of ether oxygens (including phenoxy) is 1. The second kappa shape index (κ2) is 8.44. The summed E-state index contributed by atoms with van der Waals surface area (Å²) in [4.78, 5) is 34.8. The summed E-state index contributed by atoms with van der Waals surface area (Å²) in [5.74, 6) is 0.517. The van der Waals surface area contributed by atoms with Crippen LogP contribution in [0.5, 0.6) is 0 Å². The van der Waals surface area contributed by atoms with Gasteiger partial charge in [-0.15, -0.1) is 0 Å². The van der Waals surface area contributed by atoms with Crippen LogP contribution in [0.4, 0.5) is 10.5 Å². The van der Waals surface area contributed by atoms with E-state index >= 15 is 0 Å². The van der Waals surface area contributed by atoms with Gasteiger partial charge in [0.05, 0.1) is 24.8 Å². The van der Waals surface area contributed by atoms with Gasteiger partial charge in [-0.3, -0.25) is 4.79 Å². The number of carbonyl (C=O) groups is 3. The van der Waals surface area contributed by atoms with E-state index in [1.807, 2.05) is 11.8 Å². The first-order valence-corrected chi connectivity index (χ1v) is 9.78. The summed E-state index contributed by atoms with van der Waals surface area (Å²) in [6, 6.07) is 7.02. The molecule has 3 rings (SSSR count). The maximum absolute atomic E-state index is 12.0. The minimum Gasteiger partial charge on any atom is -0.465 e. The number of rotatable bonds is 7. The van der Waals surface area contributed by atoms with Crippen molar-refractivity contribution in [3.8, 4) is 0 Å². The van der Waals surface area contributed by atoms with Crippen molar-refractivity contribution < 1.29 is 19.1 Å². The molecular formula is C18H23N3O4S. The number of unbranched alkanes of at least 4 members (excludes halogenated alkanes) is 1. The van der Waals surface area contributed by atoms with E-state index in [-0.39, 0.29) is 24.0 Å². The number of carbonyl (C=O) groups excluding carboxylic acids is 3. The first kappa shape index (κ1) is 18.6. The highest BCUT2D eigenvalue weighted by Crippen LogP contribution is 2.33. The van der Waals surface area contributed by atoms with E-state index in [0.29, 0.717) is 22.9 Å². The van der Waals surface area contributed by atoms with Gasteiger partial charge >= 0.3 is 12.0 Å². The fraction of sp³-hybridized carbons (Fsp3) is 0.500. The zero-order valence-electron chi connectivity index (χ0n) is 14.6. The largest absolute Gasteiger partial charge is 0.465 e. The molecule has 0 radical (unpaired) electrons. The summed E-state index contributed by atoms with van der Waals surface area (Å²) in [7, 11) is 1.33. The molecule has 1 aromatic carbocycles. The Morgan fingerprint density at radius 2 is 2.00 bits per heavy atom. The predicted molar refractivity (Wildman–Crippen MR) is 100 cm³/mol. The van der Waals surface area contributed by atoms with Crippen molar-refractivity contribution in [1.29, 1.82) is 0 Å². The third-order valence-corrected chi connectivity index (χ3v) is 6.18. The third kappa shape index (κ3) is 4.49. The summed E-state index contributed by atoms with van der Waals surface area (Å²) >= 11 is 1.89. The van der Waals surface area contributed by atoms with Crippen LogP contribution in [-0.2, 0) is 9.53 Å². The van der Waals surface area contributed by atoms with Crippen molar-refractivity contribution in [2.24, 2.45) is 0 Å². The lowest BCUT2D eigenvalue weighted by Gasteiger charge is -2.16. The second-order valence-corrected chi connectivity index (χ2v) is 7.76. The van der Waals surface area contributed by atoms with Crippen LogP contribution in [0, 0.1) is 0 Å². The fourth-order valence-electron chi connectivity index (χ4n) is 3.31. The lowest BCUT2D eigenvalue weighted by atomic mass is 10.0. The Balaban J connectivity index is 1.35. The molecule has 2 aliphatic heterocycles. The van der Waals surface area contributed by atoms with Crippen molar-refractivity contribution in [1.82, 2.24) is 10.6 Å². The Morgan fingerprint density at radius 3 is 2.73 bits per heavy atom. The summed E-state index contributed by atoms with van der Waals surface area (Å²) in [6.07, 6.45) is 3.21. The summed E-state index contributed by atoms with van der Waals surface area (Å²) in [5, 5.41) is 9.17. The lowest BCUT2D eigenvalue weighted by Crippen LogP contribution is -2.36. The molecule has 0 spiro atoms. The molecule has 2 saturated heterocycles. The molecule has 0 bridgehead atoms. The topological polar surface area (TPSA) is 96.5 Å². The van der Waals surface area contributed by atoms with Gasteiger partial charge in [0.1, 0.15) is 0 Å². The molecule has 26 heavy (non-hydrogen) atoms. The first-order chi connectivity index (χ1) is 12.6. The van der Waals surface area contributed by atoms with E-state index in [1.165, 1.54) is 7.11 Å². The monoisotopic (exact) mass is 377 g/mol. The first-order valence-electron chi connectivity index (χ1n) is 8.73. The number of esters is 1. The standard InChI is InChI=1S/C18H23N3O4S/c1-25-17(23)11-6-8-12(9-7-11)19-15(22)5-3-2-4-14-16-13(10-26-14)20-18(24)21-16/h6-9,13-14,16H,2-5,10H2,1H3,(H,19,22)(H2,20,21,24)/t13-,14+,16+/m0/s1. The van der Waals surface area contributed by atoms with Crippen molar-refractivity contribution in [2.45, 2.75) is 43.0 Å². The van der Waals surface area contributed by atoms with E-state index in [1.54, 1.807) is 24.3 Å². The van der Waals surface area contributed by atoms with Crippen LogP contribution in [0.15, 0.2) is 24.3 Å². The van der Waals surface area contributed by atoms with Crippen molar-refractivity contribution in [3.05, 3.63) is 29.8 Å². The van der Waals surface area contributed by atoms with Gasteiger partial charge in [-0.2, -0.15) is 11.8 Å². The molecule has 3 amide bonds. The molecule has 0 aromatic heterocycles. The Hall–Kier alpha value is -2.22. The van der Waals surface area contributed by atoms with Gasteiger partial charge in [0, 0.05) is 23.1 Å². The number of urea groups is 1. The average Bonchev–Trinajstić information content (AvgIpc) is 3.18. The van der Waals surface area contributed by atoms with Gasteiger partial charge in [0.15, 0.2) is 0 Å². The minimum absolute atomic E-state index is 0.0383. The highest BCUT2D eigenvalue weighted by molar-refractivity contribution is 8.00. The molecule has 2 aliphatic rings. The van der Waals surface area contributed by atoms with Crippen LogP contribution < -0.4 is 16.0 Å². The number of anilines is 1. The third-order valence-electron chi connectivity index (χ3n) is 4.67. The zero-order valence-corrected chi connectivity index (χ0v) is 15.4. The minimum atomic E-state index is -0.399. The number of amides is 3. The van der Waals surface area contributed by atoms with E-state index in [0.717, 1.165) is 25.0 Å². The SMILES string of the molecule is COC(=O)c1ccc(NC(=O)CCCC[C@H]2SC[C@@H]3NC(=O)N[C@H]32)cc1. The number of nitrogens with one attached hydrogen (secondary N) is 3. The summed E-state index contributed by atoms with van der Waals surface area (Å²) in [5.41, 5.74) is 1.11. The molecule has 0 saturated carbocycles. The average molecular weight is 377 g/mol. The quantitative estimate of drug-likeness (QED) is 0.384. The van der Waals surface area contributed by atoms with Crippen LogP contribution in [0.1, 0.15) is 36.0 Å². The van der Waals surface area contributed by atoms with E-state index < -0.39 is 5.97 Å². The zero-order chi connectivity index (χ0) is 18.5. The number of methoxy groups -OCH3 is 1. The van der Waals surface area contributed by atoms with Crippen molar-refractivity contribution in [3.63, 3.8) is 0 Å². The maximum atomic E-state index is 12.0. The Labute approximate surface area is 156 Å². The van der Waals surface area contributed by atoms with Crippen LogP contribution in [0.2, 0.25) is 0 Å². The summed E-state index contributed by atoms with van der Waals surface area (Å²) in [6.45, 7) is 0. The number of thioether (sulfide) groups is 1. The van der Waals surface area contributed by atoms with Gasteiger partial charge in [-0.25, -0.2) is 9.59 Å². The molecule has 0 unspecified atom stereocenters. The van der Waals surface area contributed by atoms with Gasteiger partial charge in [0.2, 0.25) is 5.91 Å². The van der Waals surface area contributed by atoms with Crippen molar-refractivity contribution in [2.75, 3.05) is 18.2 Å². The smallest absolute Gasteiger partial charge is 0.337 e. The number of hydrogen-bond donors (Lipinski definition) is 3. The Kier molecular flexibility index (Phi) is 6.03. The molecule has 0 aliphatic carbocycles. The molecule has 3 atom stereocenters. The van der Waals surface area contributed by atoms with E-state index in [9.17, 15) is 14.4 Å². The molecule has 8 heteroatoms. The Bertz CT molecular complexity index is 680. The number of hydrogen-bond acceptors (Lipinski definition) is 5. The van der Waals surface area contributed by atoms with E-state index in [4.69, 9.17) is 0 Å². The van der Waals surface area contributed by atoms with Crippen molar-refractivity contribution >= 4 is 35.4 Å². The van der Waals surface area contributed by atoms with Gasteiger partial charge < -0.3 is 20.7 Å². The highest BCUT2D eigenvalue weighted by Gasteiger charge is 2.42. The molecule has 3 N–H and O–H groups in total. The van der Waals surface area contributed by atoms with Gasteiger partial charge in [0.25, 0.3) is 0 Å². The van der Waals surface area contributed by atoms with Gasteiger partial charge in [-0.05, 0) is 37.1 Å². The van der Waals surface area contributed by atoms with Crippen LogP contribution >= 0.6 is 11.8 Å². The lowest BCUT2D eigenvalue weighted by molar-refractivity contribution is -0.116. The molecule has 2 heterocycles. The summed E-state index contributed by atoms with van der Waals surface area (Å²) < 4.78 is 4.64. The molecule has 1 aromatic rings. The molecule has 140 valence electrons. The molecule has 2 fully saturated rings. The van der Waals surface area contributed by atoms with Gasteiger partial charge in [-0.1, -0.05) is 6.42 Å². The maximum Gasteiger partial charge on any atom is 0.337 e. The highest BCUT2D eigenvalue weighted by atomic mass is 32.2. The Morgan fingerprint density at radius 1 is 1.23 bits per heavy atom.